The molecule has 0 spiro atoms. The van der Waals surface area contributed by atoms with Crippen molar-refractivity contribution in [3.8, 4) is 0 Å². The molecule has 1 aromatic rings. The van der Waals surface area contributed by atoms with E-state index in [2.05, 4.69) is 47.8 Å². The fraction of sp³-hybridized carbons (Fsp3) is 0.385. The van der Waals surface area contributed by atoms with E-state index in [9.17, 15) is 9.59 Å². The zero-order chi connectivity index (χ0) is 15.3. The number of halogens is 3. The topological polar surface area (TPSA) is 46.6 Å². The Bertz CT molecular complexity index is 593. The molecule has 4 nitrogen and oxygen atoms in total. The molecule has 0 saturated heterocycles. The number of rotatable bonds is 0. The average Bonchev–Trinajstić information content (AvgIpc) is 2.45. The molecule has 0 bridgehead atoms. The monoisotopic (exact) mass is 467 g/mol. The normalized spacial score (nSPS) is 17.1. The van der Waals surface area contributed by atoms with Crippen molar-refractivity contribution >= 4 is 65.5 Å². The van der Waals surface area contributed by atoms with E-state index in [0.29, 0.717) is 11.3 Å². The fourth-order valence-corrected chi connectivity index (χ4v) is 4.23. The first-order chi connectivity index (χ1) is 9.05. The summed E-state index contributed by atoms with van der Waals surface area (Å²) in [6.07, 6.45) is -0.692. The van der Waals surface area contributed by atoms with Crippen molar-refractivity contribution in [2.24, 2.45) is 0 Å². The minimum absolute atomic E-state index is 0.436. The van der Waals surface area contributed by atoms with Crippen molar-refractivity contribution in [1.82, 2.24) is 0 Å². The van der Waals surface area contributed by atoms with E-state index >= 15 is 0 Å². The van der Waals surface area contributed by atoms with Crippen molar-refractivity contribution in [2.45, 2.75) is 29.6 Å². The summed E-state index contributed by atoms with van der Waals surface area (Å²) in [6, 6.07) is 5.27. The molecule has 1 aliphatic heterocycles. The Kier molecular flexibility index (Phi) is 4.08. The molecule has 0 saturated carbocycles. The van der Waals surface area contributed by atoms with Gasteiger partial charge in [0.25, 0.3) is 5.91 Å². The highest BCUT2D eigenvalue weighted by Gasteiger charge is 2.52. The summed E-state index contributed by atoms with van der Waals surface area (Å²) in [5.74, 6) is -0.436. The highest BCUT2D eigenvalue weighted by atomic mass is 79.9. The lowest BCUT2D eigenvalue weighted by molar-refractivity contribution is -0.117. The van der Waals surface area contributed by atoms with Crippen LogP contribution >= 0.6 is 47.8 Å². The predicted octanol–water partition coefficient (Wildman–Crippen LogP) is 4.67. The van der Waals surface area contributed by atoms with Crippen LogP contribution in [-0.4, -0.2) is 17.6 Å². The number of hydrogen-bond acceptors (Lipinski definition) is 3. The lowest BCUT2D eigenvalue weighted by atomic mass is 10.2. The number of nitrogens with zero attached hydrogens (tertiary/aromatic N) is 1. The Morgan fingerprint density at radius 2 is 1.90 bits per heavy atom. The van der Waals surface area contributed by atoms with Gasteiger partial charge in [0.15, 0.2) is 3.23 Å². The second-order valence-electron chi connectivity index (χ2n) is 5.33. The second-order valence-corrected chi connectivity index (χ2v) is 9.63. The minimum Gasteiger partial charge on any atom is -0.443 e. The number of benzene rings is 1. The fourth-order valence-electron chi connectivity index (χ4n) is 1.86. The Morgan fingerprint density at radius 1 is 1.30 bits per heavy atom. The number of hydrogen-bond donors (Lipinski definition) is 0. The standard InChI is InChI=1S/C13H12Br3NO3/c1-12(2,3)20-11(19)17-8-6-4-5-7(14)9(8)13(15,16)10(17)18/h4-6H,1-3H3. The van der Waals surface area contributed by atoms with Gasteiger partial charge in [0.2, 0.25) is 0 Å². The van der Waals surface area contributed by atoms with Gasteiger partial charge in [-0.25, -0.2) is 9.69 Å². The number of carbonyl (C=O) groups is 2. The maximum atomic E-state index is 12.5. The van der Waals surface area contributed by atoms with E-state index in [1.54, 1.807) is 32.9 Å². The van der Waals surface area contributed by atoms with E-state index < -0.39 is 20.8 Å². The molecule has 0 atom stereocenters. The van der Waals surface area contributed by atoms with E-state index in [1.807, 2.05) is 6.07 Å². The summed E-state index contributed by atoms with van der Waals surface area (Å²) in [4.78, 5) is 25.8. The summed E-state index contributed by atoms with van der Waals surface area (Å²) < 4.78 is 4.88. The molecule has 0 aliphatic carbocycles. The molecule has 0 N–H and O–H groups in total. The van der Waals surface area contributed by atoms with Gasteiger partial charge in [0, 0.05) is 10.0 Å². The summed E-state index contributed by atoms with van der Waals surface area (Å²) in [5, 5.41) is 0. The van der Waals surface area contributed by atoms with Gasteiger partial charge >= 0.3 is 6.09 Å². The van der Waals surface area contributed by atoms with Gasteiger partial charge in [-0.15, -0.1) is 0 Å². The zero-order valence-electron chi connectivity index (χ0n) is 11.0. The molecule has 108 valence electrons. The van der Waals surface area contributed by atoms with E-state index in [1.165, 1.54) is 0 Å². The highest BCUT2D eigenvalue weighted by molar-refractivity contribution is 9.25. The average molecular weight is 470 g/mol. The first-order valence-electron chi connectivity index (χ1n) is 5.80. The SMILES string of the molecule is CC(C)(C)OC(=O)N1C(=O)C(Br)(Br)c2c(Br)cccc21. The molecule has 2 amide bonds. The molecule has 2 rings (SSSR count). The third kappa shape index (κ3) is 2.67. The molecule has 0 aromatic heterocycles. The van der Waals surface area contributed by atoms with Crippen LogP contribution in [0.3, 0.4) is 0 Å². The van der Waals surface area contributed by atoms with Crippen LogP contribution in [0.5, 0.6) is 0 Å². The maximum absolute atomic E-state index is 12.5. The number of ether oxygens (including phenoxy) is 1. The number of amides is 2. The number of carbonyl (C=O) groups excluding carboxylic acids is 2. The summed E-state index contributed by atoms with van der Waals surface area (Å²) in [7, 11) is 0. The summed E-state index contributed by atoms with van der Waals surface area (Å²) in [6.45, 7) is 5.26. The van der Waals surface area contributed by atoms with Crippen molar-refractivity contribution in [3.63, 3.8) is 0 Å². The first kappa shape index (κ1) is 16.0. The second kappa shape index (κ2) is 5.10. The van der Waals surface area contributed by atoms with Gasteiger partial charge in [0.05, 0.1) is 5.69 Å². The van der Waals surface area contributed by atoms with Crippen LogP contribution in [0.4, 0.5) is 10.5 Å². The van der Waals surface area contributed by atoms with Crippen molar-refractivity contribution in [1.29, 1.82) is 0 Å². The van der Waals surface area contributed by atoms with Crippen LogP contribution in [0, 0.1) is 0 Å². The van der Waals surface area contributed by atoms with Crippen LogP contribution < -0.4 is 4.90 Å². The Hall–Kier alpha value is -0.400. The van der Waals surface area contributed by atoms with E-state index in [-0.39, 0.29) is 0 Å². The quantitative estimate of drug-likeness (QED) is 0.518. The molecule has 1 heterocycles. The molecule has 1 aliphatic rings. The highest BCUT2D eigenvalue weighted by Crippen LogP contribution is 2.53. The van der Waals surface area contributed by atoms with Crippen molar-refractivity contribution < 1.29 is 14.3 Å². The van der Waals surface area contributed by atoms with Gasteiger partial charge in [0.1, 0.15) is 5.60 Å². The molecule has 0 unspecified atom stereocenters. The van der Waals surface area contributed by atoms with Gasteiger partial charge in [-0.1, -0.05) is 53.9 Å². The molecule has 1 aromatic carbocycles. The van der Waals surface area contributed by atoms with Gasteiger partial charge in [-0.2, -0.15) is 0 Å². The van der Waals surface area contributed by atoms with Crippen LogP contribution in [0.15, 0.2) is 22.7 Å². The van der Waals surface area contributed by atoms with Crippen LogP contribution in [-0.2, 0) is 12.8 Å². The lowest BCUT2D eigenvalue weighted by Gasteiger charge is -2.24. The summed E-state index contributed by atoms with van der Waals surface area (Å²) >= 11 is 10.1. The van der Waals surface area contributed by atoms with Crippen molar-refractivity contribution in [2.75, 3.05) is 4.90 Å². The Morgan fingerprint density at radius 3 is 2.45 bits per heavy atom. The number of anilines is 1. The third-order valence-corrected chi connectivity index (χ3v) is 4.73. The Balaban J connectivity index is 2.51. The number of fused-ring (bicyclic) bond motifs is 1. The lowest BCUT2D eigenvalue weighted by Crippen LogP contribution is -2.41. The van der Waals surface area contributed by atoms with Gasteiger partial charge < -0.3 is 4.74 Å². The number of imide groups is 1. The van der Waals surface area contributed by atoms with Crippen LogP contribution in [0.2, 0.25) is 0 Å². The molecule has 0 radical (unpaired) electrons. The molecule has 7 heteroatoms. The van der Waals surface area contributed by atoms with Crippen molar-refractivity contribution in [3.05, 3.63) is 28.2 Å². The van der Waals surface area contributed by atoms with E-state index in [4.69, 9.17) is 4.74 Å². The molecular weight excluding hydrogens is 458 g/mol. The van der Waals surface area contributed by atoms with Crippen LogP contribution in [0.25, 0.3) is 0 Å². The smallest absolute Gasteiger partial charge is 0.421 e. The predicted molar refractivity (Wildman–Crippen MR) is 87.4 cm³/mol. The summed E-state index contributed by atoms with van der Waals surface area (Å²) in [5.41, 5.74) is 0.469. The molecule has 20 heavy (non-hydrogen) atoms. The molecule has 0 fully saturated rings. The minimum atomic E-state index is -1.13. The van der Waals surface area contributed by atoms with E-state index in [0.717, 1.165) is 9.37 Å². The third-order valence-electron chi connectivity index (χ3n) is 2.59. The first-order valence-corrected chi connectivity index (χ1v) is 8.18. The van der Waals surface area contributed by atoms with Gasteiger partial charge in [-0.3, -0.25) is 4.79 Å². The van der Waals surface area contributed by atoms with Crippen LogP contribution in [0.1, 0.15) is 26.3 Å². The maximum Gasteiger partial charge on any atom is 0.421 e. The number of alkyl halides is 2. The zero-order valence-corrected chi connectivity index (χ0v) is 15.8. The Labute approximate surface area is 142 Å². The van der Waals surface area contributed by atoms with Gasteiger partial charge in [-0.05, 0) is 32.9 Å². The molecular formula is C13H12Br3NO3. The largest absolute Gasteiger partial charge is 0.443 e.